The van der Waals surface area contributed by atoms with E-state index in [0.29, 0.717) is 5.92 Å². The van der Waals surface area contributed by atoms with Gasteiger partial charge in [0.2, 0.25) is 0 Å². The molecule has 5 heteroatoms. The summed E-state index contributed by atoms with van der Waals surface area (Å²) in [6.07, 6.45) is 4.28. The number of aromatic amines is 1. The number of hydrogen-bond acceptors (Lipinski definition) is 3. The van der Waals surface area contributed by atoms with E-state index in [4.69, 9.17) is 0 Å². The maximum atomic E-state index is 11.7. The Morgan fingerprint density at radius 2 is 2.33 bits per heavy atom. The Hall–Kier alpha value is -1.78. The topological polar surface area (TPSA) is 53.9 Å². The smallest absolute Gasteiger partial charge is 0.327 e. The first-order valence-corrected chi connectivity index (χ1v) is 6.45. The lowest BCUT2D eigenvalue weighted by atomic mass is 10.00. The second kappa shape index (κ2) is 4.15. The predicted molar refractivity (Wildman–Crippen MR) is 71.9 cm³/mol. The fourth-order valence-corrected chi connectivity index (χ4v) is 2.77. The van der Waals surface area contributed by atoms with Gasteiger partial charge < -0.3 is 9.88 Å². The van der Waals surface area contributed by atoms with E-state index < -0.39 is 0 Å². The third-order valence-electron chi connectivity index (χ3n) is 3.76. The van der Waals surface area contributed by atoms with Gasteiger partial charge in [-0.3, -0.25) is 4.57 Å². The minimum absolute atomic E-state index is 0.102. The maximum Gasteiger partial charge on any atom is 0.327 e. The van der Waals surface area contributed by atoms with E-state index in [-0.39, 0.29) is 5.69 Å². The van der Waals surface area contributed by atoms with Gasteiger partial charge in [-0.15, -0.1) is 0 Å². The molecule has 0 unspecified atom stereocenters. The molecule has 1 atom stereocenters. The number of nitrogens with zero attached hydrogens (tertiary/aromatic N) is 3. The van der Waals surface area contributed by atoms with Crippen molar-refractivity contribution >= 4 is 16.9 Å². The monoisotopic (exact) mass is 246 g/mol. The summed E-state index contributed by atoms with van der Waals surface area (Å²) in [5, 5.41) is 0. The zero-order chi connectivity index (χ0) is 12.7. The van der Waals surface area contributed by atoms with E-state index in [1.165, 1.54) is 12.8 Å². The first kappa shape index (κ1) is 11.3. The third-order valence-corrected chi connectivity index (χ3v) is 3.76. The molecule has 2 aromatic rings. The molecule has 96 valence electrons. The van der Waals surface area contributed by atoms with E-state index >= 15 is 0 Å². The van der Waals surface area contributed by atoms with Gasteiger partial charge in [-0.1, -0.05) is 6.92 Å². The summed E-state index contributed by atoms with van der Waals surface area (Å²) in [5.74, 6) is 0.706. The molecule has 3 heterocycles. The fraction of sp³-hybridized carbons (Fsp3) is 0.538. The Morgan fingerprint density at radius 1 is 1.50 bits per heavy atom. The molecule has 3 rings (SSSR count). The van der Waals surface area contributed by atoms with Gasteiger partial charge in [-0.2, -0.15) is 0 Å². The highest BCUT2D eigenvalue weighted by Crippen LogP contribution is 2.27. The Labute approximate surface area is 105 Å². The van der Waals surface area contributed by atoms with Gasteiger partial charge >= 0.3 is 5.69 Å². The van der Waals surface area contributed by atoms with Crippen LogP contribution in [0.5, 0.6) is 0 Å². The van der Waals surface area contributed by atoms with Crippen molar-refractivity contribution in [3.63, 3.8) is 0 Å². The summed E-state index contributed by atoms with van der Waals surface area (Å²) < 4.78 is 1.56. The Balaban J connectivity index is 2.11. The van der Waals surface area contributed by atoms with Gasteiger partial charge in [0, 0.05) is 26.3 Å². The molecule has 0 amide bonds. The van der Waals surface area contributed by atoms with Gasteiger partial charge in [0.1, 0.15) is 5.52 Å². The van der Waals surface area contributed by atoms with E-state index in [1.807, 2.05) is 6.07 Å². The molecule has 1 aliphatic heterocycles. The van der Waals surface area contributed by atoms with Gasteiger partial charge in [0.15, 0.2) is 5.65 Å². The number of rotatable bonds is 1. The molecule has 0 spiro atoms. The summed E-state index contributed by atoms with van der Waals surface area (Å²) in [7, 11) is 1.75. The predicted octanol–water partition coefficient (Wildman–Crippen LogP) is 1.50. The number of pyridine rings is 1. The molecule has 0 bridgehead atoms. The molecule has 0 aromatic carbocycles. The molecule has 0 aliphatic carbocycles. The zero-order valence-electron chi connectivity index (χ0n) is 10.8. The number of nitrogens with one attached hydrogen (secondary N) is 1. The van der Waals surface area contributed by atoms with Gasteiger partial charge in [-0.05, 0) is 24.8 Å². The molecule has 18 heavy (non-hydrogen) atoms. The van der Waals surface area contributed by atoms with E-state index in [9.17, 15) is 4.79 Å². The SMILES string of the molecule is C[C@@H]1CCCN(c2ccnc3c2[nH]c(=O)n3C)C1. The largest absolute Gasteiger partial charge is 0.369 e. The Bertz CT molecular complexity index is 627. The quantitative estimate of drug-likeness (QED) is 0.829. The molecule has 1 saturated heterocycles. The number of H-pyrrole nitrogens is 1. The molecule has 0 radical (unpaired) electrons. The molecule has 5 nitrogen and oxygen atoms in total. The number of aromatic nitrogens is 3. The Kier molecular flexibility index (Phi) is 2.61. The van der Waals surface area contributed by atoms with Crippen molar-refractivity contribution in [2.45, 2.75) is 19.8 Å². The summed E-state index contributed by atoms with van der Waals surface area (Å²) >= 11 is 0. The summed E-state index contributed by atoms with van der Waals surface area (Å²) in [4.78, 5) is 21.2. The van der Waals surface area contributed by atoms with Crippen molar-refractivity contribution in [3.05, 3.63) is 22.7 Å². The highest BCUT2D eigenvalue weighted by atomic mass is 16.1. The van der Waals surface area contributed by atoms with Crippen LogP contribution in [0.1, 0.15) is 19.8 Å². The van der Waals surface area contributed by atoms with Crippen LogP contribution in [0, 0.1) is 5.92 Å². The van der Waals surface area contributed by atoms with Gasteiger partial charge in [0.25, 0.3) is 0 Å². The molecule has 0 saturated carbocycles. The fourth-order valence-electron chi connectivity index (χ4n) is 2.77. The number of imidazole rings is 1. The molecule has 2 aromatic heterocycles. The molecule has 1 fully saturated rings. The standard InChI is InChI=1S/C13H18N4O/c1-9-4-3-7-17(8-9)10-5-6-14-12-11(10)15-13(18)16(12)2/h5-6,9H,3-4,7-8H2,1-2H3,(H,15,18)/t9-/m1/s1. The van der Waals surface area contributed by atoms with Crippen LogP contribution >= 0.6 is 0 Å². The lowest BCUT2D eigenvalue weighted by molar-refractivity contribution is 0.447. The van der Waals surface area contributed by atoms with Gasteiger partial charge in [0.05, 0.1) is 5.69 Å². The second-order valence-corrected chi connectivity index (χ2v) is 5.21. The molecular weight excluding hydrogens is 228 g/mol. The number of aryl methyl sites for hydroxylation is 1. The van der Waals surface area contributed by atoms with E-state index in [0.717, 1.165) is 29.9 Å². The summed E-state index contributed by atoms with van der Waals surface area (Å²) in [6, 6.07) is 2.00. The van der Waals surface area contributed by atoms with Crippen molar-refractivity contribution < 1.29 is 0 Å². The molecule has 1 aliphatic rings. The highest BCUT2D eigenvalue weighted by Gasteiger charge is 2.20. The van der Waals surface area contributed by atoms with Crippen molar-refractivity contribution in [1.29, 1.82) is 0 Å². The lowest BCUT2D eigenvalue weighted by Crippen LogP contribution is -2.34. The number of hydrogen-bond donors (Lipinski definition) is 1. The van der Waals surface area contributed by atoms with E-state index in [1.54, 1.807) is 17.8 Å². The zero-order valence-corrected chi connectivity index (χ0v) is 10.8. The van der Waals surface area contributed by atoms with Crippen LogP contribution < -0.4 is 10.6 Å². The van der Waals surface area contributed by atoms with E-state index in [2.05, 4.69) is 21.8 Å². The number of piperidine rings is 1. The van der Waals surface area contributed by atoms with Crippen molar-refractivity contribution in [2.75, 3.05) is 18.0 Å². The Morgan fingerprint density at radius 3 is 3.11 bits per heavy atom. The van der Waals surface area contributed by atoms with Gasteiger partial charge in [-0.25, -0.2) is 9.78 Å². The van der Waals surface area contributed by atoms with Crippen molar-refractivity contribution in [2.24, 2.45) is 13.0 Å². The number of anilines is 1. The lowest BCUT2D eigenvalue weighted by Gasteiger charge is -2.32. The number of fused-ring (bicyclic) bond motifs is 1. The highest BCUT2D eigenvalue weighted by molar-refractivity contribution is 5.85. The molecular formula is C13H18N4O. The summed E-state index contributed by atoms with van der Waals surface area (Å²) in [5.41, 5.74) is 2.59. The second-order valence-electron chi connectivity index (χ2n) is 5.21. The normalized spacial score (nSPS) is 20.6. The van der Waals surface area contributed by atoms with Crippen LogP contribution in [0.25, 0.3) is 11.2 Å². The third kappa shape index (κ3) is 1.70. The average Bonchev–Trinajstić information content (AvgIpc) is 2.65. The minimum atomic E-state index is -0.102. The maximum absolute atomic E-state index is 11.7. The first-order chi connectivity index (χ1) is 8.66. The van der Waals surface area contributed by atoms with Crippen LogP contribution in [0.3, 0.4) is 0 Å². The average molecular weight is 246 g/mol. The van der Waals surface area contributed by atoms with Crippen LogP contribution in [0.2, 0.25) is 0 Å². The van der Waals surface area contributed by atoms with Crippen LogP contribution in [-0.2, 0) is 7.05 Å². The van der Waals surface area contributed by atoms with Crippen LogP contribution in [-0.4, -0.2) is 27.6 Å². The minimum Gasteiger partial charge on any atom is -0.369 e. The summed E-state index contributed by atoms with van der Waals surface area (Å²) in [6.45, 7) is 4.38. The first-order valence-electron chi connectivity index (χ1n) is 6.45. The van der Waals surface area contributed by atoms with Crippen LogP contribution in [0.15, 0.2) is 17.1 Å². The van der Waals surface area contributed by atoms with Crippen molar-refractivity contribution in [3.8, 4) is 0 Å². The molecule has 1 N–H and O–H groups in total. The van der Waals surface area contributed by atoms with Crippen LogP contribution in [0.4, 0.5) is 5.69 Å². The van der Waals surface area contributed by atoms with Crippen molar-refractivity contribution in [1.82, 2.24) is 14.5 Å².